The smallest absolute Gasteiger partial charge is 0.211 e. The number of hydrogen-bond donors (Lipinski definition) is 1. The van der Waals surface area contributed by atoms with E-state index in [2.05, 4.69) is 4.72 Å². The Bertz CT molecular complexity index is 491. The molecule has 0 radical (unpaired) electrons. The van der Waals surface area contributed by atoms with Crippen LogP contribution < -0.4 is 4.72 Å². The second-order valence-electron chi connectivity index (χ2n) is 3.82. The molecule has 0 fully saturated rings. The fourth-order valence-electron chi connectivity index (χ4n) is 1.52. The normalized spacial score (nSPS) is 14.9. The van der Waals surface area contributed by atoms with E-state index >= 15 is 0 Å². The summed E-state index contributed by atoms with van der Waals surface area (Å²) in [5.41, 5.74) is 0.879. The van der Waals surface area contributed by atoms with E-state index in [-0.39, 0.29) is 12.5 Å². The number of nitrogens with zero attached hydrogens (tertiary/aromatic N) is 1. The monoisotopic (exact) mass is 252 g/mol. The fourth-order valence-corrected chi connectivity index (χ4v) is 2.89. The van der Waals surface area contributed by atoms with Crippen LogP contribution in [0.3, 0.4) is 0 Å². The predicted molar refractivity (Wildman–Crippen MR) is 66.6 cm³/mol. The molecule has 2 atom stereocenters. The third-order valence-corrected chi connectivity index (χ3v) is 4.40. The van der Waals surface area contributed by atoms with E-state index in [9.17, 15) is 8.42 Å². The highest BCUT2D eigenvalue weighted by atomic mass is 32.2. The quantitative estimate of drug-likeness (QED) is 0.871. The lowest BCUT2D eigenvalue weighted by atomic mass is 10.1. The second-order valence-corrected chi connectivity index (χ2v) is 5.72. The minimum Gasteiger partial charge on any atom is -0.211 e. The van der Waals surface area contributed by atoms with Crippen molar-refractivity contribution in [2.75, 3.05) is 0 Å². The van der Waals surface area contributed by atoms with Gasteiger partial charge in [-0.3, -0.25) is 0 Å². The van der Waals surface area contributed by atoms with Gasteiger partial charge in [-0.15, -0.1) is 0 Å². The summed E-state index contributed by atoms with van der Waals surface area (Å²) in [5, 5.41) is 7.78. The summed E-state index contributed by atoms with van der Waals surface area (Å²) in [6, 6.07) is 10.7. The maximum atomic E-state index is 11.8. The SMILES string of the molecule is CCC(C#N)S(=O)(=O)N[C@@H](C)c1ccccc1. The van der Waals surface area contributed by atoms with Crippen LogP contribution >= 0.6 is 0 Å². The molecule has 0 aromatic heterocycles. The molecule has 4 nitrogen and oxygen atoms in total. The molecule has 0 amide bonds. The summed E-state index contributed by atoms with van der Waals surface area (Å²) in [7, 11) is -3.58. The van der Waals surface area contributed by atoms with Gasteiger partial charge in [-0.2, -0.15) is 5.26 Å². The summed E-state index contributed by atoms with van der Waals surface area (Å²) in [5.74, 6) is 0. The fraction of sp³-hybridized carbons (Fsp3) is 0.417. The molecule has 17 heavy (non-hydrogen) atoms. The lowest BCUT2D eigenvalue weighted by molar-refractivity contribution is 0.558. The first-order valence-electron chi connectivity index (χ1n) is 5.47. The average Bonchev–Trinajstić information content (AvgIpc) is 2.30. The van der Waals surface area contributed by atoms with E-state index in [4.69, 9.17) is 5.26 Å². The molecule has 0 spiro atoms. The topological polar surface area (TPSA) is 70.0 Å². The number of benzene rings is 1. The number of sulfonamides is 1. The summed E-state index contributed by atoms with van der Waals surface area (Å²) < 4.78 is 26.2. The highest BCUT2D eigenvalue weighted by Gasteiger charge is 2.25. The maximum Gasteiger partial charge on any atom is 0.228 e. The molecule has 1 aromatic carbocycles. The zero-order valence-corrected chi connectivity index (χ0v) is 10.7. The number of rotatable bonds is 5. The first-order valence-corrected chi connectivity index (χ1v) is 7.01. The lowest BCUT2D eigenvalue weighted by Crippen LogP contribution is -2.34. The van der Waals surface area contributed by atoms with E-state index < -0.39 is 15.3 Å². The van der Waals surface area contributed by atoms with Crippen molar-refractivity contribution in [3.8, 4) is 6.07 Å². The van der Waals surface area contributed by atoms with Crippen molar-refractivity contribution in [3.05, 3.63) is 35.9 Å². The van der Waals surface area contributed by atoms with E-state index in [1.165, 1.54) is 0 Å². The van der Waals surface area contributed by atoms with Crippen molar-refractivity contribution in [1.29, 1.82) is 5.26 Å². The average molecular weight is 252 g/mol. The highest BCUT2D eigenvalue weighted by Crippen LogP contribution is 2.14. The molecule has 0 aliphatic rings. The van der Waals surface area contributed by atoms with Gasteiger partial charge in [0.2, 0.25) is 10.0 Å². The van der Waals surface area contributed by atoms with Crippen molar-refractivity contribution >= 4 is 10.0 Å². The van der Waals surface area contributed by atoms with Gasteiger partial charge >= 0.3 is 0 Å². The van der Waals surface area contributed by atoms with Gasteiger partial charge in [-0.25, -0.2) is 13.1 Å². The van der Waals surface area contributed by atoms with Crippen LogP contribution in [0.25, 0.3) is 0 Å². The third-order valence-electron chi connectivity index (χ3n) is 2.53. The Balaban J connectivity index is 2.83. The van der Waals surface area contributed by atoms with Crippen molar-refractivity contribution in [2.45, 2.75) is 31.6 Å². The van der Waals surface area contributed by atoms with Crippen molar-refractivity contribution in [1.82, 2.24) is 4.72 Å². The molecule has 5 heteroatoms. The Morgan fingerprint density at radius 3 is 2.41 bits per heavy atom. The van der Waals surface area contributed by atoms with Gasteiger partial charge in [0.1, 0.15) is 0 Å². The molecular weight excluding hydrogens is 236 g/mol. The van der Waals surface area contributed by atoms with E-state index in [1.54, 1.807) is 19.9 Å². The molecule has 1 N–H and O–H groups in total. The minimum absolute atomic E-state index is 0.285. The lowest BCUT2D eigenvalue weighted by Gasteiger charge is -2.16. The van der Waals surface area contributed by atoms with E-state index in [1.807, 2.05) is 30.3 Å². The molecular formula is C12H16N2O2S. The first kappa shape index (κ1) is 13.7. The Hall–Kier alpha value is -1.38. The Morgan fingerprint density at radius 2 is 1.94 bits per heavy atom. The van der Waals surface area contributed by atoms with Gasteiger partial charge < -0.3 is 0 Å². The summed E-state index contributed by atoms with van der Waals surface area (Å²) >= 11 is 0. The molecule has 1 aromatic rings. The molecule has 1 unspecified atom stereocenters. The zero-order chi connectivity index (χ0) is 12.9. The summed E-state index contributed by atoms with van der Waals surface area (Å²) in [6.45, 7) is 3.44. The van der Waals surface area contributed by atoms with Crippen molar-refractivity contribution in [3.63, 3.8) is 0 Å². The molecule has 0 aliphatic carbocycles. The van der Waals surface area contributed by atoms with Crippen LogP contribution in [0.2, 0.25) is 0 Å². The van der Waals surface area contributed by atoms with Crippen molar-refractivity contribution in [2.24, 2.45) is 0 Å². The van der Waals surface area contributed by atoms with Crippen LogP contribution in [0.1, 0.15) is 31.9 Å². The van der Waals surface area contributed by atoms with E-state index in [0.717, 1.165) is 5.56 Å². The van der Waals surface area contributed by atoms with Crippen molar-refractivity contribution < 1.29 is 8.42 Å². The largest absolute Gasteiger partial charge is 0.228 e. The summed E-state index contributed by atoms with van der Waals surface area (Å²) in [6.07, 6.45) is 0.285. The third kappa shape index (κ3) is 3.55. The molecule has 0 saturated carbocycles. The molecule has 0 bridgehead atoms. The Kier molecular flexibility index (Phi) is 4.67. The molecule has 0 heterocycles. The maximum absolute atomic E-state index is 11.8. The number of nitriles is 1. The standard InChI is InChI=1S/C12H16N2O2S/c1-3-12(9-13)17(15,16)14-10(2)11-7-5-4-6-8-11/h4-8,10,12,14H,3H2,1-2H3/t10-,12?/m0/s1. The minimum atomic E-state index is -3.58. The molecule has 1 rings (SSSR count). The van der Waals surface area contributed by atoms with Crippen LogP contribution in [-0.2, 0) is 10.0 Å². The predicted octanol–water partition coefficient (Wildman–Crippen LogP) is 1.97. The van der Waals surface area contributed by atoms with Crippen LogP contribution in [0.5, 0.6) is 0 Å². The van der Waals surface area contributed by atoms with Crippen LogP contribution in [0.15, 0.2) is 30.3 Å². The Morgan fingerprint density at radius 1 is 1.35 bits per heavy atom. The van der Waals surface area contributed by atoms with Gasteiger partial charge in [0.25, 0.3) is 0 Å². The Labute approximate surface area is 102 Å². The van der Waals surface area contributed by atoms with Gasteiger partial charge in [0.15, 0.2) is 5.25 Å². The van der Waals surface area contributed by atoms with Gasteiger partial charge in [-0.1, -0.05) is 37.3 Å². The van der Waals surface area contributed by atoms with E-state index in [0.29, 0.717) is 0 Å². The molecule has 0 saturated heterocycles. The number of nitrogens with one attached hydrogen (secondary N) is 1. The molecule has 92 valence electrons. The van der Waals surface area contributed by atoms with Gasteiger partial charge in [0.05, 0.1) is 6.07 Å². The second kappa shape index (κ2) is 5.80. The van der Waals surface area contributed by atoms with Gasteiger partial charge in [0, 0.05) is 6.04 Å². The zero-order valence-electron chi connectivity index (χ0n) is 9.92. The van der Waals surface area contributed by atoms with Crippen LogP contribution in [-0.4, -0.2) is 13.7 Å². The summed E-state index contributed by atoms with van der Waals surface area (Å²) in [4.78, 5) is 0. The first-order chi connectivity index (χ1) is 8.01. The van der Waals surface area contributed by atoms with Crippen LogP contribution in [0, 0.1) is 11.3 Å². The highest BCUT2D eigenvalue weighted by molar-refractivity contribution is 7.90. The number of hydrogen-bond acceptors (Lipinski definition) is 3. The molecule has 0 aliphatic heterocycles. The van der Waals surface area contributed by atoms with Gasteiger partial charge in [-0.05, 0) is 18.9 Å². The van der Waals surface area contributed by atoms with Crippen LogP contribution in [0.4, 0.5) is 0 Å².